The van der Waals surface area contributed by atoms with Crippen molar-refractivity contribution >= 4 is 11.9 Å². The molecule has 0 saturated carbocycles. The molecule has 0 rings (SSSR count). The van der Waals surface area contributed by atoms with Crippen LogP contribution >= 0.6 is 0 Å². The molecule has 0 bridgehead atoms. The Kier molecular flexibility index (Phi) is 37.9. The van der Waals surface area contributed by atoms with Crippen molar-refractivity contribution in [3.8, 4) is 0 Å². The maximum atomic E-state index is 10.3. The zero-order valence-electron chi connectivity index (χ0n) is 26.8. The normalized spacial score (nSPS) is 11.2. The van der Waals surface area contributed by atoms with Crippen molar-refractivity contribution in [3.63, 3.8) is 0 Å². The molecule has 2 N–H and O–H groups in total. The first-order chi connectivity index (χ1) is 19.5. The number of allylic oxidation sites excluding steroid dienone is 3. The van der Waals surface area contributed by atoms with Gasteiger partial charge in [-0.25, -0.2) is 4.79 Å². The Morgan fingerprint density at radius 2 is 0.725 bits per heavy atom. The van der Waals surface area contributed by atoms with Gasteiger partial charge in [-0.2, -0.15) is 0 Å². The van der Waals surface area contributed by atoms with E-state index >= 15 is 0 Å². The predicted octanol–water partition coefficient (Wildman–Crippen LogP) is 12.2. The zero-order chi connectivity index (χ0) is 29.8. The lowest BCUT2D eigenvalue weighted by Gasteiger charge is -2.02. The third-order valence-corrected chi connectivity index (χ3v) is 7.39. The molecule has 0 fully saturated rings. The van der Waals surface area contributed by atoms with Gasteiger partial charge < -0.3 is 10.2 Å². The van der Waals surface area contributed by atoms with Gasteiger partial charge in [-0.05, 0) is 44.9 Å². The molecule has 4 nitrogen and oxygen atoms in total. The van der Waals surface area contributed by atoms with Crippen LogP contribution < -0.4 is 0 Å². The van der Waals surface area contributed by atoms with Crippen molar-refractivity contribution in [1.82, 2.24) is 0 Å². The van der Waals surface area contributed by atoms with Gasteiger partial charge in [0.2, 0.25) is 0 Å². The van der Waals surface area contributed by atoms with Crippen LogP contribution in [0.4, 0.5) is 0 Å². The minimum atomic E-state index is -0.834. The van der Waals surface area contributed by atoms with Crippen LogP contribution in [0.15, 0.2) is 24.3 Å². The van der Waals surface area contributed by atoms with Crippen LogP contribution in [0, 0.1) is 0 Å². The van der Waals surface area contributed by atoms with Crippen LogP contribution in [0.5, 0.6) is 0 Å². The number of carbonyl (C=O) groups is 2. The summed E-state index contributed by atoms with van der Waals surface area (Å²) in [4.78, 5) is 20.6. The smallest absolute Gasteiger partial charge is 0.327 e. The van der Waals surface area contributed by atoms with Crippen molar-refractivity contribution < 1.29 is 19.8 Å². The largest absolute Gasteiger partial charge is 0.481 e. The monoisotopic (exact) mass is 565 g/mol. The summed E-state index contributed by atoms with van der Waals surface area (Å²) in [6.07, 6.45) is 42.8. The third-order valence-electron chi connectivity index (χ3n) is 7.39. The molecule has 0 aromatic carbocycles. The van der Waals surface area contributed by atoms with Gasteiger partial charge in [0, 0.05) is 12.5 Å². The minimum absolute atomic E-state index is 0.332. The summed E-state index contributed by atoms with van der Waals surface area (Å²) in [5.74, 6) is -1.50. The van der Waals surface area contributed by atoms with Gasteiger partial charge in [-0.15, -0.1) is 0 Å². The second-order valence-corrected chi connectivity index (χ2v) is 11.5. The van der Waals surface area contributed by atoms with E-state index in [1.54, 1.807) is 6.08 Å². The van der Waals surface area contributed by atoms with Crippen LogP contribution in [-0.4, -0.2) is 22.2 Å². The van der Waals surface area contributed by atoms with E-state index in [9.17, 15) is 9.59 Å². The summed E-state index contributed by atoms with van der Waals surface area (Å²) in [5, 5.41) is 16.9. The summed E-state index contributed by atoms with van der Waals surface area (Å²) in [6, 6.07) is 0. The van der Waals surface area contributed by atoms with E-state index in [1.807, 2.05) is 0 Å². The van der Waals surface area contributed by atoms with E-state index in [0.717, 1.165) is 25.7 Å². The Morgan fingerprint density at radius 1 is 0.425 bits per heavy atom. The molecule has 0 aliphatic carbocycles. The van der Waals surface area contributed by atoms with E-state index in [2.05, 4.69) is 26.0 Å². The van der Waals surface area contributed by atoms with Crippen molar-refractivity contribution in [2.45, 2.75) is 194 Å². The van der Waals surface area contributed by atoms with Gasteiger partial charge >= 0.3 is 11.9 Å². The quantitative estimate of drug-likeness (QED) is 0.0517. The van der Waals surface area contributed by atoms with Crippen LogP contribution in [-0.2, 0) is 9.59 Å². The van der Waals surface area contributed by atoms with Crippen molar-refractivity contribution in [2.24, 2.45) is 0 Å². The van der Waals surface area contributed by atoms with E-state index < -0.39 is 11.9 Å². The van der Waals surface area contributed by atoms with Gasteiger partial charge in [0.05, 0.1) is 0 Å². The molecule has 0 aromatic rings. The molecule has 40 heavy (non-hydrogen) atoms. The van der Waals surface area contributed by atoms with Crippen LogP contribution in [0.3, 0.4) is 0 Å². The van der Waals surface area contributed by atoms with E-state index in [4.69, 9.17) is 10.2 Å². The lowest BCUT2D eigenvalue weighted by atomic mass is 10.0. The average molecular weight is 565 g/mol. The topological polar surface area (TPSA) is 74.6 Å². The van der Waals surface area contributed by atoms with Crippen LogP contribution in [0.25, 0.3) is 0 Å². The van der Waals surface area contributed by atoms with Crippen molar-refractivity contribution in [2.75, 3.05) is 0 Å². The highest BCUT2D eigenvalue weighted by atomic mass is 16.4. The molecule has 0 atom stereocenters. The molecule has 0 saturated heterocycles. The summed E-state index contributed by atoms with van der Waals surface area (Å²) in [5.41, 5.74) is 0. The molecular weight excluding hydrogens is 496 g/mol. The van der Waals surface area contributed by atoms with Crippen LogP contribution in [0.2, 0.25) is 0 Å². The molecule has 0 heterocycles. The molecule has 4 heteroatoms. The van der Waals surface area contributed by atoms with Gasteiger partial charge in [-0.3, -0.25) is 4.79 Å². The molecule has 0 amide bonds. The molecule has 0 unspecified atom stereocenters. The second kappa shape index (κ2) is 37.4. The Balaban J connectivity index is 0. The summed E-state index contributed by atoms with van der Waals surface area (Å²) < 4.78 is 0. The molecule has 0 aliphatic heterocycles. The van der Waals surface area contributed by atoms with Gasteiger partial charge in [0.1, 0.15) is 0 Å². The summed E-state index contributed by atoms with van der Waals surface area (Å²) in [7, 11) is 0. The van der Waals surface area contributed by atoms with Gasteiger partial charge in [0.25, 0.3) is 0 Å². The fourth-order valence-corrected chi connectivity index (χ4v) is 4.81. The number of hydrogen-bond donors (Lipinski definition) is 2. The van der Waals surface area contributed by atoms with E-state index in [-0.39, 0.29) is 0 Å². The molecule has 0 radical (unpaired) electrons. The number of unbranched alkanes of at least 4 members (excludes halogenated alkanes) is 24. The lowest BCUT2D eigenvalue weighted by molar-refractivity contribution is -0.137. The fourth-order valence-electron chi connectivity index (χ4n) is 4.81. The number of carboxylic acids is 2. The highest BCUT2D eigenvalue weighted by Crippen LogP contribution is 2.13. The first-order valence-corrected chi connectivity index (χ1v) is 17.3. The average Bonchev–Trinajstić information content (AvgIpc) is 2.93. The number of aliphatic carboxylic acids is 2. The maximum Gasteiger partial charge on any atom is 0.327 e. The highest BCUT2D eigenvalue weighted by molar-refractivity contribution is 5.79. The molecule has 236 valence electrons. The summed E-state index contributed by atoms with van der Waals surface area (Å²) in [6.45, 7) is 4.53. The van der Waals surface area contributed by atoms with Gasteiger partial charge in [-0.1, -0.05) is 160 Å². The number of carboxylic acid groups (broad SMARTS) is 2. The third kappa shape index (κ3) is 43.5. The Bertz CT molecular complexity index is 567. The number of hydrogen-bond acceptors (Lipinski definition) is 2. The summed E-state index contributed by atoms with van der Waals surface area (Å²) >= 11 is 0. The number of rotatable bonds is 30. The molecule has 0 aliphatic rings. The molecule has 0 spiro atoms. The molecule has 0 aromatic heterocycles. The minimum Gasteiger partial charge on any atom is -0.481 e. The fraction of sp³-hybridized carbons (Fsp3) is 0.833. The van der Waals surface area contributed by atoms with Crippen molar-refractivity contribution in [1.29, 1.82) is 0 Å². The van der Waals surface area contributed by atoms with Crippen LogP contribution in [0.1, 0.15) is 194 Å². The predicted molar refractivity (Wildman–Crippen MR) is 174 cm³/mol. The Labute approximate surface area is 249 Å². The van der Waals surface area contributed by atoms with Crippen molar-refractivity contribution in [3.05, 3.63) is 24.3 Å². The Hall–Kier alpha value is -1.58. The van der Waals surface area contributed by atoms with Gasteiger partial charge in [0.15, 0.2) is 0 Å². The lowest BCUT2D eigenvalue weighted by Crippen LogP contribution is -1.93. The van der Waals surface area contributed by atoms with E-state index in [0.29, 0.717) is 6.42 Å². The first kappa shape index (κ1) is 40.6. The Morgan fingerprint density at radius 3 is 1.05 bits per heavy atom. The molecular formula is C36H68O4. The zero-order valence-corrected chi connectivity index (χ0v) is 26.8. The maximum absolute atomic E-state index is 10.3. The highest BCUT2D eigenvalue weighted by Gasteiger charge is 1.96. The standard InChI is InChI=1S/2C18H34O2/c2*1-2-3-4-5-6-7-8-9-10-11-12-13-14-15-16-17-18(19)20/h16-17H,2-15H2,1H3,(H,19,20);9-10H,2-8,11-17H2,1H3,(H,19,20)/b17-16+;10-9+. The second-order valence-electron chi connectivity index (χ2n) is 11.5. The van der Waals surface area contributed by atoms with E-state index in [1.165, 1.54) is 154 Å². The first-order valence-electron chi connectivity index (χ1n) is 17.3. The SMILES string of the molecule is CCCCCCCC/C=C/CCCCCCCC(=O)O.CCCCCCCCCCCCCCC/C=C/C(=O)O.